The summed E-state index contributed by atoms with van der Waals surface area (Å²) in [5.74, 6) is 0.921. The molecule has 0 radical (unpaired) electrons. The first-order chi connectivity index (χ1) is 10.1. The van der Waals surface area contributed by atoms with Gasteiger partial charge in [-0.15, -0.1) is 0 Å². The smallest absolute Gasteiger partial charge is 0.257 e. The van der Waals surface area contributed by atoms with Crippen molar-refractivity contribution in [3.63, 3.8) is 0 Å². The van der Waals surface area contributed by atoms with Gasteiger partial charge in [0.15, 0.2) is 12.4 Å². The first kappa shape index (κ1) is 17.0. The molecule has 0 saturated carbocycles. The van der Waals surface area contributed by atoms with Crippen LogP contribution in [0.4, 0.5) is 0 Å². The van der Waals surface area contributed by atoms with Gasteiger partial charge in [-0.3, -0.25) is 9.00 Å². The van der Waals surface area contributed by atoms with Crippen LogP contribution in [0.5, 0.6) is 5.75 Å². The molecule has 1 aromatic rings. The van der Waals surface area contributed by atoms with Gasteiger partial charge < -0.3 is 21.0 Å². The van der Waals surface area contributed by atoms with E-state index in [9.17, 15) is 9.00 Å². The fourth-order valence-electron chi connectivity index (χ4n) is 1.50. The zero-order valence-electron chi connectivity index (χ0n) is 11.7. The minimum Gasteiger partial charge on any atom is -0.483 e. The second-order valence-corrected chi connectivity index (χ2v) is 5.92. The zero-order valence-corrected chi connectivity index (χ0v) is 12.6. The van der Waals surface area contributed by atoms with Crippen LogP contribution in [0.15, 0.2) is 29.4 Å². The van der Waals surface area contributed by atoms with Gasteiger partial charge in [0.1, 0.15) is 5.75 Å². The van der Waals surface area contributed by atoms with E-state index in [1.807, 2.05) is 6.92 Å². The number of hydrogen-bond acceptors (Lipinski definition) is 5. The molecular formula is C13H19N3O4S. The Balaban J connectivity index is 2.48. The third kappa shape index (κ3) is 5.82. The molecule has 4 N–H and O–H groups in total. The van der Waals surface area contributed by atoms with Gasteiger partial charge >= 0.3 is 0 Å². The van der Waals surface area contributed by atoms with Gasteiger partial charge in [0.2, 0.25) is 0 Å². The fourth-order valence-corrected chi connectivity index (χ4v) is 2.12. The van der Waals surface area contributed by atoms with Gasteiger partial charge in [-0.2, -0.15) is 0 Å². The molecule has 1 atom stereocenters. The van der Waals surface area contributed by atoms with Crippen molar-refractivity contribution in [2.45, 2.75) is 6.92 Å². The summed E-state index contributed by atoms with van der Waals surface area (Å²) in [5, 5.41) is 14.2. The van der Waals surface area contributed by atoms with Crippen molar-refractivity contribution in [2.24, 2.45) is 10.9 Å². The van der Waals surface area contributed by atoms with Crippen LogP contribution in [0, 0.1) is 0 Å². The molecule has 0 aromatic heterocycles. The lowest BCUT2D eigenvalue weighted by Crippen LogP contribution is -2.32. The second kappa shape index (κ2) is 8.96. The van der Waals surface area contributed by atoms with Crippen LogP contribution in [0.25, 0.3) is 0 Å². The zero-order chi connectivity index (χ0) is 15.7. The van der Waals surface area contributed by atoms with Gasteiger partial charge in [0.25, 0.3) is 5.91 Å². The summed E-state index contributed by atoms with van der Waals surface area (Å²) in [7, 11) is -0.910. The van der Waals surface area contributed by atoms with E-state index < -0.39 is 10.8 Å². The Bertz CT molecular complexity index is 534. The molecule has 0 bridgehead atoms. The summed E-state index contributed by atoms with van der Waals surface area (Å²) in [6.07, 6.45) is 0. The molecule has 1 rings (SSSR count). The molecule has 1 amide bonds. The molecule has 1 aromatic carbocycles. The molecule has 0 saturated heterocycles. The van der Waals surface area contributed by atoms with Gasteiger partial charge in [-0.05, 0) is 12.1 Å². The first-order valence-electron chi connectivity index (χ1n) is 6.39. The van der Waals surface area contributed by atoms with Gasteiger partial charge in [-0.25, -0.2) is 0 Å². The number of para-hydroxylation sites is 1. The molecule has 116 valence electrons. The third-order valence-corrected chi connectivity index (χ3v) is 3.91. The minimum atomic E-state index is -0.910. The average Bonchev–Trinajstić information content (AvgIpc) is 2.52. The van der Waals surface area contributed by atoms with Crippen LogP contribution < -0.4 is 15.8 Å². The van der Waals surface area contributed by atoms with E-state index in [0.717, 1.165) is 0 Å². The Hall–Kier alpha value is -2.09. The largest absolute Gasteiger partial charge is 0.483 e. The maximum absolute atomic E-state index is 11.6. The minimum absolute atomic E-state index is 0.0932. The molecule has 1 unspecified atom stereocenters. The second-order valence-electron chi connectivity index (χ2n) is 4.05. The number of oxime groups is 1. The molecular weight excluding hydrogens is 294 g/mol. The average molecular weight is 313 g/mol. The van der Waals surface area contributed by atoms with Crippen LogP contribution in [0.3, 0.4) is 0 Å². The number of amidine groups is 1. The van der Waals surface area contributed by atoms with Crippen LogP contribution >= 0.6 is 0 Å². The number of nitrogens with two attached hydrogens (primary N) is 1. The highest BCUT2D eigenvalue weighted by Gasteiger charge is 2.09. The van der Waals surface area contributed by atoms with Crippen molar-refractivity contribution in [3.8, 4) is 5.75 Å². The molecule has 0 aliphatic carbocycles. The van der Waals surface area contributed by atoms with Crippen LogP contribution in [-0.4, -0.2) is 45.8 Å². The Labute approximate surface area is 125 Å². The molecule has 8 heteroatoms. The van der Waals surface area contributed by atoms with E-state index in [2.05, 4.69) is 10.5 Å². The van der Waals surface area contributed by atoms with E-state index in [4.69, 9.17) is 15.7 Å². The number of rotatable bonds is 8. The van der Waals surface area contributed by atoms with E-state index in [1.54, 1.807) is 24.3 Å². The van der Waals surface area contributed by atoms with Crippen molar-refractivity contribution < 1.29 is 18.9 Å². The molecule has 0 spiro atoms. The summed E-state index contributed by atoms with van der Waals surface area (Å²) in [4.78, 5) is 11.6. The van der Waals surface area contributed by atoms with Crippen molar-refractivity contribution >= 4 is 22.5 Å². The Morgan fingerprint density at radius 1 is 1.48 bits per heavy atom. The predicted octanol–water partition coefficient (Wildman–Crippen LogP) is 0.0447. The van der Waals surface area contributed by atoms with Gasteiger partial charge in [0.05, 0.1) is 5.56 Å². The number of amides is 1. The first-order valence-corrected chi connectivity index (χ1v) is 7.88. The maximum atomic E-state index is 11.6. The summed E-state index contributed by atoms with van der Waals surface area (Å²) in [5.41, 5.74) is 5.92. The lowest BCUT2D eigenvalue weighted by atomic mass is 10.2. The quantitative estimate of drug-likeness (QED) is 0.271. The van der Waals surface area contributed by atoms with Crippen LogP contribution in [0.2, 0.25) is 0 Å². The number of benzene rings is 1. The molecule has 7 nitrogen and oxygen atoms in total. The van der Waals surface area contributed by atoms with Crippen molar-refractivity contribution in [1.82, 2.24) is 5.32 Å². The highest BCUT2D eigenvalue weighted by molar-refractivity contribution is 7.84. The molecule has 0 heterocycles. The standard InChI is InChI=1S/C13H19N3O4S/c1-2-21(19)8-7-15-12(17)9-20-11-6-4-3-5-10(11)13(14)16-18/h3-6,18H,2,7-9H2,1H3,(H2,14,16)(H,15,17). The van der Waals surface area contributed by atoms with Crippen molar-refractivity contribution in [3.05, 3.63) is 29.8 Å². The fraction of sp³-hybridized carbons (Fsp3) is 0.385. The molecule has 21 heavy (non-hydrogen) atoms. The van der Waals surface area contributed by atoms with Gasteiger partial charge in [-0.1, -0.05) is 24.2 Å². The number of hydrogen-bond donors (Lipinski definition) is 3. The lowest BCUT2D eigenvalue weighted by Gasteiger charge is -2.10. The lowest BCUT2D eigenvalue weighted by molar-refractivity contribution is -0.122. The van der Waals surface area contributed by atoms with E-state index in [0.29, 0.717) is 29.4 Å². The Morgan fingerprint density at radius 2 is 2.19 bits per heavy atom. The molecule has 0 aliphatic rings. The number of nitrogens with zero attached hydrogens (tertiary/aromatic N) is 1. The molecule has 0 aliphatic heterocycles. The van der Waals surface area contributed by atoms with E-state index >= 15 is 0 Å². The van der Waals surface area contributed by atoms with Gasteiger partial charge in [0, 0.05) is 28.9 Å². The highest BCUT2D eigenvalue weighted by Crippen LogP contribution is 2.17. The van der Waals surface area contributed by atoms with E-state index in [1.165, 1.54) is 0 Å². The van der Waals surface area contributed by atoms with E-state index in [-0.39, 0.29) is 18.3 Å². The SMILES string of the molecule is CCS(=O)CCNC(=O)COc1ccccc1/C(N)=N/O. The number of carbonyl (C=O) groups is 1. The third-order valence-electron chi connectivity index (χ3n) is 2.60. The van der Waals surface area contributed by atoms with Crippen molar-refractivity contribution in [2.75, 3.05) is 24.7 Å². The highest BCUT2D eigenvalue weighted by atomic mass is 32.2. The normalized spacial score (nSPS) is 12.7. The molecule has 0 fully saturated rings. The predicted molar refractivity (Wildman–Crippen MR) is 81.0 cm³/mol. The summed E-state index contributed by atoms with van der Waals surface area (Å²) >= 11 is 0. The number of carbonyl (C=O) groups excluding carboxylic acids is 1. The van der Waals surface area contributed by atoms with Crippen LogP contribution in [0.1, 0.15) is 12.5 Å². The monoisotopic (exact) mass is 313 g/mol. The number of ether oxygens (including phenoxy) is 1. The number of nitrogens with one attached hydrogen (secondary N) is 1. The summed E-state index contributed by atoms with van der Waals surface area (Å²) in [6.45, 7) is 1.96. The topological polar surface area (TPSA) is 114 Å². The summed E-state index contributed by atoms with van der Waals surface area (Å²) < 4.78 is 16.5. The van der Waals surface area contributed by atoms with Crippen molar-refractivity contribution in [1.29, 1.82) is 0 Å². The maximum Gasteiger partial charge on any atom is 0.257 e. The Kier molecular flexibility index (Phi) is 7.24. The summed E-state index contributed by atoms with van der Waals surface area (Å²) in [6, 6.07) is 6.66. The Morgan fingerprint density at radius 3 is 2.86 bits per heavy atom. The van der Waals surface area contributed by atoms with Crippen LogP contribution in [-0.2, 0) is 15.6 Å².